The molecule has 1 aromatic heterocycles. The van der Waals surface area contributed by atoms with Gasteiger partial charge in [0.25, 0.3) is 0 Å². The van der Waals surface area contributed by atoms with E-state index in [0.717, 1.165) is 12.0 Å². The second-order valence-electron chi connectivity index (χ2n) is 7.97. The molecular formula is C21H30N4O5. The van der Waals surface area contributed by atoms with E-state index in [1.807, 2.05) is 44.2 Å². The summed E-state index contributed by atoms with van der Waals surface area (Å²) in [6, 6.07) is 8.92. The maximum absolute atomic E-state index is 12.3. The van der Waals surface area contributed by atoms with Crippen LogP contribution in [0.15, 0.2) is 34.9 Å². The van der Waals surface area contributed by atoms with Crippen LogP contribution in [0.25, 0.3) is 0 Å². The number of aromatic nitrogens is 2. The zero-order valence-electron chi connectivity index (χ0n) is 18.1. The van der Waals surface area contributed by atoms with Gasteiger partial charge in [0, 0.05) is 0 Å². The van der Waals surface area contributed by atoms with E-state index in [4.69, 9.17) is 14.0 Å². The molecule has 9 heteroatoms. The molecule has 164 valence electrons. The molecule has 9 nitrogen and oxygen atoms in total. The minimum absolute atomic E-state index is 0.0214. The molecule has 0 saturated heterocycles. The van der Waals surface area contributed by atoms with E-state index in [2.05, 4.69) is 20.8 Å². The quantitative estimate of drug-likeness (QED) is 0.663. The Morgan fingerprint density at radius 1 is 1.17 bits per heavy atom. The molecule has 30 heavy (non-hydrogen) atoms. The molecule has 0 radical (unpaired) electrons. The molecule has 1 heterocycles. The van der Waals surface area contributed by atoms with Crippen molar-refractivity contribution in [2.24, 2.45) is 5.92 Å². The number of benzene rings is 1. The van der Waals surface area contributed by atoms with Crippen LogP contribution in [-0.4, -0.2) is 27.9 Å². The second kappa shape index (κ2) is 10.6. The van der Waals surface area contributed by atoms with Crippen LogP contribution in [0.2, 0.25) is 0 Å². The van der Waals surface area contributed by atoms with Gasteiger partial charge in [0.05, 0.1) is 6.04 Å². The molecule has 0 bridgehead atoms. The van der Waals surface area contributed by atoms with Gasteiger partial charge in [-0.3, -0.25) is 0 Å². The van der Waals surface area contributed by atoms with Gasteiger partial charge in [-0.25, -0.2) is 9.59 Å². The third-order valence-corrected chi connectivity index (χ3v) is 4.24. The van der Waals surface area contributed by atoms with Crippen molar-refractivity contribution in [2.45, 2.75) is 65.8 Å². The highest BCUT2D eigenvalue weighted by Gasteiger charge is 2.26. The van der Waals surface area contributed by atoms with Gasteiger partial charge in [-0.05, 0) is 32.3 Å². The fourth-order valence-electron chi connectivity index (χ4n) is 2.52. The van der Waals surface area contributed by atoms with Crippen molar-refractivity contribution >= 4 is 12.2 Å². The summed E-state index contributed by atoms with van der Waals surface area (Å²) in [4.78, 5) is 28.3. The van der Waals surface area contributed by atoms with E-state index in [1.165, 1.54) is 0 Å². The van der Waals surface area contributed by atoms with E-state index in [-0.39, 0.29) is 25.0 Å². The lowest BCUT2D eigenvalue weighted by Crippen LogP contribution is -2.34. The summed E-state index contributed by atoms with van der Waals surface area (Å²) in [5.41, 5.74) is 0.290. The second-order valence-corrected chi connectivity index (χ2v) is 7.97. The van der Waals surface area contributed by atoms with Crippen LogP contribution in [0.4, 0.5) is 9.59 Å². The predicted octanol–water partition coefficient (Wildman–Crippen LogP) is 4.11. The standard InChI is InChI=1S/C21H30N4O5/c1-6-14(2)17(24-20(27)28-13-15-10-8-7-9-11-15)18-23-16(30-25-18)12-22-19(26)29-21(3,4)5/h7-11,14,17H,6,12-13H2,1-5H3,(H,22,26)(H,24,27)/t14-,17+/m1/s1. The van der Waals surface area contributed by atoms with Gasteiger partial charge < -0.3 is 24.6 Å². The zero-order chi connectivity index (χ0) is 22.1. The van der Waals surface area contributed by atoms with Crippen molar-refractivity contribution in [3.63, 3.8) is 0 Å². The fourth-order valence-corrected chi connectivity index (χ4v) is 2.52. The Hall–Kier alpha value is -3.10. The van der Waals surface area contributed by atoms with Crippen LogP contribution in [0, 0.1) is 5.92 Å². The normalized spacial score (nSPS) is 13.2. The molecule has 2 aromatic rings. The van der Waals surface area contributed by atoms with Crippen LogP contribution in [0.3, 0.4) is 0 Å². The van der Waals surface area contributed by atoms with Gasteiger partial charge in [0.1, 0.15) is 18.8 Å². The van der Waals surface area contributed by atoms with E-state index in [1.54, 1.807) is 20.8 Å². The lowest BCUT2D eigenvalue weighted by molar-refractivity contribution is 0.0517. The number of nitrogens with one attached hydrogen (secondary N) is 2. The molecule has 0 aliphatic carbocycles. The molecule has 0 fully saturated rings. The fraction of sp³-hybridized carbons (Fsp3) is 0.524. The Morgan fingerprint density at radius 3 is 2.50 bits per heavy atom. The monoisotopic (exact) mass is 418 g/mol. The van der Waals surface area contributed by atoms with Crippen LogP contribution in [-0.2, 0) is 22.6 Å². The van der Waals surface area contributed by atoms with Gasteiger partial charge in [-0.2, -0.15) is 4.98 Å². The van der Waals surface area contributed by atoms with Gasteiger partial charge >= 0.3 is 12.2 Å². The van der Waals surface area contributed by atoms with Crippen molar-refractivity contribution in [1.82, 2.24) is 20.8 Å². The summed E-state index contributed by atoms with van der Waals surface area (Å²) in [6.07, 6.45) is -0.366. The largest absolute Gasteiger partial charge is 0.445 e. The Labute approximate surface area is 176 Å². The lowest BCUT2D eigenvalue weighted by atomic mass is 9.99. The molecule has 2 atom stereocenters. The smallest absolute Gasteiger partial charge is 0.408 e. The van der Waals surface area contributed by atoms with Crippen molar-refractivity contribution in [3.8, 4) is 0 Å². The average molecular weight is 418 g/mol. The summed E-state index contributed by atoms with van der Waals surface area (Å²) in [5.74, 6) is 0.573. The van der Waals surface area contributed by atoms with Crippen molar-refractivity contribution < 1.29 is 23.6 Å². The minimum Gasteiger partial charge on any atom is -0.445 e. The Morgan fingerprint density at radius 2 is 1.87 bits per heavy atom. The SMILES string of the molecule is CC[C@@H](C)[C@H](NC(=O)OCc1ccccc1)c1noc(CNC(=O)OC(C)(C)C)n1. The molecule has 2 rings (SSSR count). The highest BCUT2D eigenvalue weighted by molar-refractivity contribution is 5.68. The first-order chi connectivity index (χ1) is 14.2. The maximum atomic E-state index is 12.3. The summed E-state index contributed by atoms with van der Waals surface area (Å²) >= 11 is 0. The predicted molar refractivity (Wildman–Crippen MR) is 109 cm³/mol. The summed E-state index contributed by atoms with van der Waals surface area (Å²) < 4.78 is 15.7. The van der Waals surface area contributed by atoms with E-state index in [9.17, 15) is 9.59 Å². The first-order valence-corrected chi connectivity index (χ1v) is 9.94. The van der Waals surface area contributed by atoms with E-state index < -0.39 is 23.8 Å². The number of alkyl carbamates (subject to hydrolysis) is 2. The molecule has 2 N–H and O–H groups in total. The van der Waals surface area contributed by atoms with Crippen molar-refractivity contribution in [2.75, 3.05) is 0 Å². The number of carbonyl (C=O) groups is 2. The van der Waals surface area contributed by atoms with Crippen LogP contribution < -0.4 is 10.6 Å². The number of carbonyl (C=O) groups excluding carboxylic acids is 2. The zero-order valence-corrected chi connectivity index (χ0v) is 18.1. The molecule has 0 unspecified atom stereocenters. The molecule has 0 saturated carbocycles. The van der Waals surface area contributed by atoms with Crippen LogP contribution in [0.5, 0.6) is 0 Å². The highest BCUT2D eigenvalue weighted by Crippen LogP contribution is 2.22. The first kappa shape index (κ1) is 23.2. The third-order valence-electron chi connectivity index (χ3n) is 4.24. The molecule has 0 aliphatic rings. The Kier molecular flexibility index (Phi) is 8.20. The molecule has 2 amide bonds. The van der Waals surface area contributed by atoms with E-state index >= 15 is 0 Å². The van der Waals surface area contributed by atoms with Crippen molar-refractivity contribution in [3.05, 3.63) is 47.6 Å². The molecule has 0 aliphatic heterocycles. The van der Waals surface area contributed by atoms with Gasteiger partial charge in [0.2, 0.25) is 5.89 Å². The minimum atomic E-state index is -0.601. The van der Waals surface area contributed by atoms with Gasteiger partial charge in [-0.15, -0.1) is 0 Å². The van der Waals surface area contributed by atoms with Gasteiger partial charge in [-0.1, -0.05) is 55.8 Å². The molecule has 0 spiro atoms. The Bertz CT molecular complexity index is 816. The molecular weight excluding hydrogens is 388 g/mol. The van der Waals surface area contributed by atoms with Crippen LogP contribution in [0.1, 0.15) is 64.4 Å². The lowest BCUT2D eigenvalue weighted by Gasteiger charge is -2.20. The first-order valence-electron chi connectivity index (χ1n) is 9.94. The van der Waals surface area contributed by atoms with E-state index in [0.29, 0.717) is 5.82 Å². The molecule has 1 aromatic carbocycles. The van der Waals surface area contributed by atoms with Gasteiger partial charge in [0.15, 0.2) is 5.82 Å². The number of hydrogen-bond donors (Lipinski definition) is 2. The highest BCUT2D eigenvalue weighted by atomic mass is 16.6. The van der Waals surface area contributed by atoms with Crippen LogP contribution >= 0.6 is 0 Å². The number of nitrogens with zero attached hydrogens (tertiary/aromatic N) is 2. The third kappa shape index (κ3) is 7.73. The topological polar surface area (TPSA) is 116 Å². The number of ether oxygens (including phenoxy) is 2. The number of hydrogen-bond acceptors (Lipinski definition) is 7. The number of amides is 2. The average Bonchev–Trinajstić information content (AvgIpc) is 3.16. The number of rotatable bonds is 8. The summed E-state index contributed by atoms with van der Waals surface area (Å²) in [7, 11) is 0. The summed E-state index contributed by atoms with van der Waals surface area (Å²) in [6.45, 7) is 9.48. The summed E-state index contributed by atoms with van der Waals surface area (Å²) in [5, 5.41) is 9.33. The Balaban J connectivity index is 1.95. The van der Waals surface area contributed by atoms with Crippen molar-refractivity contribution in [1.29, 1.82) is 0 Å². The maximum Gasteiger partial charge on any atom is 0.408 e.